The van der Waals surface area contributed by atoms with Crippen LogP contribution < -0.4 is 16.0 Å². The van der Waals surface area contributed by atoms with Crippen LogP contribution in [0.2, 0.25) is 0 Å². The predicted molar refractivity (Wildman–Crippen MR) is 179 cm³/mol. The maximum Gasteiger partial charge on any atom is 0.407 e. The second-order valence-electron chi connectivity index (χ2n) is 11.8. The Morgan fingerprint density at radius 1 is 0.898 bits per heavy atom. The Morgan fingerprint density at radius 2 is 1.53 bits per heavy atom. The Labute approximate surface area is 283 Å². The zero-order valence-corrected chi connectivity index (χ0v) is 27.7. The van der Waals surface area contributed by atoms with Gasteiger partial charge in [-0.3, -0.25) is 4.79 Å². The molecule has 13 heteroatoms. The highest BCUT2D eigenvalue weighted by atomic mass is 32.2. The number of amides is 2. The van der Waals surface area contributed by atoms with Gasteiger partial charge in [0, 0.05) is 42.3 Å². The first-order chi connectivity index (χ1) is 23.5. The van der Waals surface area contributed by atoms with Gasteiger partial charge in [0.15, 0.2) is 0 Å². The smallest absolute Gasteiger partial charge is 0.407 e. The van der Waals surface area contributed by atoms with Crippen LogP contribution in [0.4, 0.5) is 23.7 Å². The minimum absolute atomic E-state index is 0.0501. The molecule has 0 unspecified atom stereocenters. The SMILES string of the molecule is COC(=O)N[C@H](C(=O)Nc1cccc(F)c1CC[C@H]1CNC[C@H](C)N1S(=O)(=O)c1ccccc1)C(c1cccc(F)c1)c1cccc(F)c1. The molecule has 1 aliphatic heterocycles. The molecule has 4 aromatic rings. The molecule has 1 heterocycles. The zero-order valence-electron chi connectivity index (χ0n) is 26.9. The zero-order chi connectivity index (χ0) is 35.1. The Morgan fingerprint density at radius 3 is 2.14 bits per heavy atom. The van der Waals surface area contributed by atoms with Crippen molar-refractivity contribution in [1.82, 2.24) is 14.9 Å². The normalized spacial score (nSPS) is 17.3. The molecule has 4 aromatic carbocycles. The maximum absolute atomic E-state index is 15.5. The fourth-order valence-electron chi connectivity index (χ4n) is 6.29. The fourth-order valence-corrected chi connectivity index (χ4v) is 8.16. The molecular formula is C36H37F3N4O5S. The van der Waals surface area contributed by atoms with Crippen molar-refractivity contribution in [2.75, 3.05) is 25.5 Å². The number of carbonyl (C=O) groups excluding carboxylic acids is 2. The number of nitrogens with zero attached hydrogens (tertiary/aromatic N) is 1. The number of ether oxygens (including phenoxy) is 1. The van der Waals surface area contributed by atoms with E-state index in [9.17, 15) is 26.8 Å². The molecule has 3 N–H and O–H groups in total. The van der Waals surface area contributed by atoms with Gasteiger partial charge in [-0.05, 0) is 79.4 Å². The number of alkyl carbamates (subject to hydrolysis) is 1. The summed E-state index contributed by atoms with van der Waals surface area (Å²) in [6.07, 6.45) is -0.711. The molecule has 0 aliphatic carbocycles. The molecule has 0 saturated carbocycles. The van der Waals surface area contributed by atoms with E-state index in [4.69, 9.17) is 4.74 Å². The summed E-state index contributed by atoms with van der Waals surface area (Å²) in [6, 6.07) is 20.6. The number of sulfonamides is 1. The number of hydrogen-bond acceptors (Lipinski definition) is 6. The molecule has 0 aromatic heterocycles. The van der Waals surface area contributed by atoms with Gasteiger partial charge in [-0.25, -0.2) is 26.4 Å². The molecule has 0 radical (unpaired) electrons. The minimum atomic E-state index is -3.87. The standard InChI is InChI=1S/C36H37F3N4O5S/c1-23-21-40-22-28(43(23)49(46,47)29-13-4-3-5-14-29)17-18-30-31(39)15-8-16-32(30)41-35(44)34(42-36(45)48-2)33(24-9-6-11-26(37)19-24)25-10-7-12-27(38)20-25/h3-16,19-20,23,28,33-34,40H,17-18,21-22H2,1-2H3,(H,41,44)(H,42,45)/t23-,28-,34-/m0/s1. The summed E-state index contributed by atoms with van der Waals surface area (Å²) in [5, 5.41) is 8.45. The lowest BCUT2D eigenvalue weighted by molar-refractivity contribution is -0.118. The highest BCUT2D eigenvalue weighted by Gasteiger charge is 2.38. The van der Waals surface area contributed by atoms with Crippen molar-refractivity contribution in [1.29, 1.82) is 0 Å². The second-order valence-corrected chi connectivity index (χ2v) is 13.6. The van der Waals surface area contributed by atoms with Crippen LogP contribution in [0.1, 0.15) is 36.0 Å². The van der Waals surface area contributed by atoms with Crippen LogP contribution in [0.3, 0.4) is 0 Å². The van der Waals surface area contributed by atoms with Gasteiger partial charge in [-0.15, -0.1) is 0 Å². The van der Waals surface area contributed by atoms with Gasteiger partial charge >= 0.3 is 6.09 Å². The molecule has 0 spiro atoms. The van der Waals surface area contributed by atoms with Crippen molar-refractivity contribution in [3.63, 3.8) is 0 Å². The van der Waals surface area contributed by atoms with E-state index in [1.165, 1.54) is 71.0 Å². The maximum atomic E-state index is 15.5. The van der Waals surface area contributed by atoms with E-state index in [-0.39, 0.29) is 46.2 Å². The summed E-state index contributed by atoms with van der Waals surface area (Å²) >= 11 is 0. The third kappa shape index (κ3) is 8.30. The van der Waals surface area contributed by atoms with Gasteiger partial charge in [-0.1, -0.05) is 48.5 Å². The van der Waals surface area contributed by atoms with Gasteiger partial charge < -0.3 is 20.7 Å². The van der Waals surface area contributed by atoms with Gasteiger partial charge in [-0.2, -0.15) is 4.31 Å². The van der Waals surface area contributed by atoms with E-state index in [0.29, 0.717) is 13.1 Å². The summed E-state index contributed by atoms with van der Waals surface area (Å²) in [4.78, 5) is 26.8. The summed E-state index contributed by atoms with van der Waals surface area (Å²) in [7, 11) is -2.77. The number of carbonyl (C=O) groups is 2. The average Bonchev–Trinajstić information content (AvgIpc) is 3.08. The number of benzene rings is 4. The van der Waals surface area contributed by atoms with Gasteiger partial charge in [0.2, 0.25) is 15.9 Å². The second kappa shape index (κ2) is 15.7. The van der Waals surface area contributed by atoms with Crippen LogP contribution in [0.15, 0.2) is 102 Å². The largest absolute Gasteiger partial charge is 0.453 e. The van der Waals surface area contributed by atoms with Gasteiger partial charge in [0.1, 0.15) is 23.5 Å². The van der Waals surface area contributed by atoms with Crippen LogP contribution in [0, 0.1) is 17.5 Å². The number of rotatable bonds is 11. The molecule has 1 fully saturated rings. The van der Waals surface area contributed by atoms with E-state index >= 15 is 4.39 Å². The highest BCUT2D eigenvalue weighted by molar-refractivity contribution is 7.89. The lowest BCUT2D eigenvalue weighted by Crippen LogP contribution is -2.58. The molecular weight excluding hydrogens is 657 g/mol. The summed E-state index contributed by atoms with van der Waals surface area (Å²) in [6.45, 7) is 2.58. The van der Waals surface area contributed by atoms with E-state index in [1.807, 2.05) is 0 Å². The minimum Gasteiger partial charge on any atom is -0.453 e. The van der Waals surface area contributed by atoms with E-state index in [1.54, 1.807) is 37.3 Å². The van der Waals surface area contributed by atoms with E-state index in [0.717, 1.165) is 7.11 Å². The third-order valence-corrected chi connectivity index (χ3v) is 10.6. The monoisotopic (exact) mass is 694 g/mol. The molecule has 1 aliphatic rings. The van der Waals surface area contributed by atoms with Gasteiger partial charge in [0.05, 0.1) is 12.0 Å². The summed E-state index contributed by atoms with van der Waals surface area (Å²) in [5.74, 6) is -3.75. The first-order valence-electron chi connectivity index (χ1n) is 15.7. The van der Waals surface area contributed by atoms with Crippen LogP contribution >= 0.6 is 0 Å². The average molecular weight is 695 g/mol. The predicted octanol–water partition coefficient (Wildman–Crippen LogP) is 5.58. The highest BCUT2D eigenvalue weighted by Crippen LogP contribution is 2.32. The molecule has 5 rings (SSSR count). The summed E-state index contributed by atoms with van der Waals surface area (Å²) in [5.41, 5.74) is 0.740. The molecule has 2 amide bonds. The number of hydrogen-bond donors (Lipinski definition) is 3. The van der Waals surface area contributed by atoms with Gasteiger partial charge in [0.25, 0.3) is 0 Å². The first-order valence-corrected chi connectivity index (χ1v) is 17.2. The number of nitrogens with one attached hydrogen (secondary N) is 3. The molecule has 258 valence electrons. The molecule has 49 heavy (non-hydrogen) atoms. The number of methoxy groups -OCH3 is 1. The summed E-state index contributed by atoms with van der Waals surface area (Å²) < 4.78 is 78.0. The number of piperazine rings is 1. The fraction of sp³-hybridized carbons (Fsp3) is 0.278. The van der Waals surface area contributed by atoms with Crippen molar-refractivity contribution in [3.05, 3.63) is 131 Å². The number of halogens is 3. The lowest BCUT2D eigenvalue weighted by atomic mass is 9.84. The molecule has 3 atom stereocenters. The van der Waals surface area contributed by atoms with Crippen LogP contribution in [-0.2, 0) is 26.0 Å². The Hall–Kier alpha value is -4.72. The number of anilines is 1. The molecule has 1 saturated heterocycles. The van der Waals surface area contributed by atoms with Crippen LogP contribution in [-0.4, -0.2) is 63.0 Å². The molecule has 0 bridgehead atoms. The first kappa shape index (κ1) is 35.6. The Balaban J connectivity index is 1.46. The van der Waals surface area contributed by atoms with Crippen LogP contribution in [0.25, 0.3) is 0 Å². The Kier molecular flexibility index (Phi) is 11.4. The van der Waals surface area contributed by atoms with Crippen molar-refractivity contribution in [2.24, 2.45) is 0 Å². The van der Waals surface area contributed by atoms with Crippen LogP contribution in [0.5, 0.6) is 0 Å². The molecule has 9 nitrogen and oxygen atoms in total. The van der Waals surface area contributed by atoms with Crippen molar-refractivity contribution >= 4 is 27.7 Å². The Bertz CT molecular complexity index is 1850. The van der Waals surface area contributed by atoms with Crippen molar-refractivity contribution in [2.45, 2.75) is 48.7 Å². The van der Waals surface area contributed by atoms with E-state index in [2.05, 4.69) is 16.0 Å². The lowest BCUT2D eigenvalue weighted by Gasteiger charge is -2.40. The van der Waals surface area contributed by atoms with E-state index < -0.39 is 57.5 Å². The third-order valence-electron chi connectivity index (χ3n) is 8.53. The van der Waals surface area contributed by atoms with Crippen molar-refractivity contribution in [3.8, 4) is 0 Å². The van der Waals surface area contributed by atoms with Crippen molar-refractivity contribution < 1.29 is 35.9 Å². The quantitative estimate of drug-likeness (QED) is 0.189. The topological polar surface area (TPSA) is 117 Å².